The largest absolute Gasteiger partial charge is 0.546 e. The van der Waals surface area contributed by atoms with E-state index >= 15 is 0 Å². The molecule has 2 atom stereocenters. The molecule has 0 saturated carbocycles. The second-order valence-corrected chi connectivity index (χ2v) is 13.2. The van der Waals surface area contributed by atoms with Gasteiger partial charge >= 0.3 is 0 Å². The summed E-state index contributed by atoms with van der Waals surface area (Å²) in [4.78, 5) is 1.13. The minimum Gasteiger partial charge on any atom is -0.546 e. The maximum atomic E-state index is 12.8. The molecule has 13 heteroatoms. The number of anilines is 3. The Morgan fingerprint density at radius 2 is 1.76 bits per heavy atom. The zero-order chi connectivity index (χ0) is 25.2. The first-order valence-electron chi connectivity index (χ1n) is 11.0. The predicted octanol–water partition coefficient (Wildman–Crippen LogP) is 5.74. The third-order valence-electron chi connectivity index (χ3n) is 5.40. The Kier molecular flexibility index (Phi) is 8.58. The summed E-state index contributed by atoms with van der Waals surface area (Å²) < 4.78 is 47.1. The summed E-state index contributed by atoms with van der Waals surface area (Å²) in [7, 11) is -3.82. The summed E-state index contributed by atoms with van der Waals surface area (Å²) in [5.41, 5.74) is 1.42. The molecular weight excluding hydrogens is 515 g/mol. The van der Waals surface area contributed by atoms with Crippen molar-refractivity contribution in [1.29, 1.82) is 0 Å². The predicted molar refractivity (Wildman–Crippen MR) is 140 cm³/mol. The van der Waals surface area contributed by atoms with E-state index in [0.29, 0.717) is 24.8 Å². The van der Waals surface area contributed by atoms with Gasteiger partial charge in [-0.3, -0.25) is 0 Å². The molecule has 9 nitrogen and oxygen atoms in total. The van der Waals surface area contributed by atoms with Crippen LogP contribution in [0.25, 0.3) is 0 Å². The topological polar surface area (TPSA) is 131 Å². The molecule has 0 aliphatic carbocycles. The lowest BCUT2D eigenvalue weighted by molar-refractivity contribution is 0.434. The van der Waals surface area contributed by atoms with Crippen LogP contribution in [0.5, 0.6) is 5.75 Å². The number of hydrogen-bond acceptors (Lipinski definition) is 10. The van der Waals surface area contributed by atoms with E-state index in [1.54, 1.807) is 25.2 Å². The van der Waals surface area contributed by atoms with Crippen molar-refractivity contribution < 1.29 is 18.1 Å². The van der Waals surface area contributed by atoms with Crippen molar-refractivity contribution in [2.24, 2.45) is 5.92 Å². The molecule has 0 bridgehead atoms. The van der Waals surface area contributed by atoms with Crippen molar-refractivity contribution in [3.05, 3.63) is 27.3 Å². The maximum absolute atomic E-state index is 12.8. The summed E-state index contributed by atoms with van der Waals surface area (Å²) in [6, 6.07) is 2.08. The molecule has 0 amide bonds. The quantitative estimate of drug-likeness (QED) is 0.260. The van der Waals surface area contributed by atoms with E-state index in [-0.39, 0.29) is 27.7 Å². The fourth-order valence-corrected chi connectivity index (χ4v) is 8.15. The number of nitrogens with one attached hydrogen (secondary N) is 2. The van der Waals surface area contributed by atoms with Crippen LogP contribution in [0.3, 0.4) is 0 Å². The van der Waals surface area contributed by atoms with Crippen LogP contribution in [0.15, 0.2) is 21.0 Å². The average molecular weight is 546 g/mol. The van der Waals surface area contributed by atoms with Crippen LogP contribution in [0.1, 0.15) is 63.9 Å². The van der Waals surface area contributed by atoms with Gasteiger partial charge in [0, 0.05) is 32.1 Å². The highest BCUT2D eigenvalue weighted by molar-refractivity contribution is 7.91. The summed E-state index contributed by atoms with van der Waals surface area (Å²) >= 11 is 0.751. The van der Waals surface area contributed by atoms with Gasteiger partial charge in [-0.05, 0) is 28.8 Å². The first-order valence-corrected chi connectivity index (χ1v) is 15.3. The monoisotopic (exact) mass is 545 g/mol. The third kappa shape index (κ3) is 5.55. The van der Waals surface area contributed by atoms with Gasteiger partial charge in [0.05, 0.1) is 11.7 Å². The van der Waals surface area contributed by atoms with Crippen LogP contribution in [0.4, 0.5) is 17.3 Å². The molecule has 0 aliphatic heterocycles. The minimum atomic E-state index is -3.82. The number of rotatable bonds is 11. The number of nitrogens with zero attached hydrogens (tertiary/aromatic N) is 3. The second-order valence-electron chi connectivity index (χ2n) is 8.41. The zero-order valence-electron chi connectivity index (χ0n) is 20.0. The van der Waals surface area contributed by atoms with Gasteiger partial charge in [0.1, 0.15) is 0 Å². The Bertz CT molecular complexity index is 1210. The maximum Gasteiger partial charge on any atom is 0.256 e. The van der Waals surface area contributed by atoms with Gasteiger partial charge in [0.25, 0.3) is 10.0 Å². The van der Waals surface area contributed by atoms with Crippen LogP contribution in [0, 0.1) is 5.92 Å². The molecule has 34 heavy (non-hydrogen) atoms. The van der Waals surface area contributed by atoms with Crippen molar-refractivity contribution in [2.75, 3.05) is 23.7 Å². The Balaban J connectivity index is 1.89. The summed E-state index contributed by atoms with van der Waals surface area (Å²) in [5, 5.41) is 20.6. The van der Waals surface area contributed by atoms with Crippen molar-refractivity contribution in [3.8, 4) is 5.75 Å². The lowest BCUT2D eigenvalue weighted by Gasteiger charge is -2.21. The van der Waals surface area contributed by atoms with Crippen LogP contribution >= 0.6 is 33.8 Å². The van der Waals surface area contributed by atoms with Gasteiger partial charge in [-0.25, -0.2) is 8.42 Å². The van der Waals surface area contributed by atoms with E-state index < -0.39 is 26.9 Å². The smallest absolute Gasteiger partial charge is 0.256 e. The highest BCUT2D eigenvalue weighted by Crippen LogP contribution is 2.42. The lowest BCUT2D eigenvalue weighted by atomic mass is 10.00. The molecule has 1 unspecified atom stereocenters. The number of sulfonamides is 1. The molecule has 3 N–H and O–H groups in total. The van der Waals surface area contributed by atoms with Crippen LogP contribution < -0.4 is 10.6 Å². The van der Waals surface area contributed by atoms with Gasteiger partial charge in [-0.15, -0.1) is 22.7 Å². The van der Waals surface area contributed by atoms with E-state index in [1.807, 2.05) is 0 Å². The summed E-state index contributed by atoms with van der Waals surface area (Å²) in [6.07, 6.45) is 0. The zero-order valence-corrected chi connectivity index (χ0v) is 23.3. The van der Waals surface area contributed by atoms with Gasteiger partial charge in [-0.1, -0.05) is 41.5 Å². The Labute approximate surface area is 212 Å². The molecule has 3 rings (SSSR count). The van der Waals surface area contributed by atoms with Crippen LogP contribution in [0.2, 0.25) is 0 Å². The average Bonchev–Trinajstić information content (AvgIpc) is 3.46. The Hall–Kier alpha value is -1.77. The lowest BCUT2D eigenvalue weighted by Crippen LogP contribution is -2.30. The molecule has 3 aromatic heterocycles. The molecule has 3 aromatic rings. The van der Waals surface area contributed by atoms with E-state index in [4.69, 9.17) is 0 Å². The standard InChI is InChI=1S/C21H31N5O4S4/c1-7-26(8-2)34(29,30)21-18(27)15(11-32-21)22-19-20(25-33(28)24-19)23-17(13(5)6)16-9-14(10-31-16)12(3)4/h9-13,17,27H,7-8H2,1-6H3,(H,22,24)(H,23,25)/t17-,33?/m1/s1. The van der Waals surface area contributed by atoms with Crippen molar-refractivity contribution in [1.82, 2.24) is 13.1 Å². The van der Waals surface area contributed by atoms with Gasteiger partial charge in [-0.2, -0.15) is 4.31 Å². The van der Waals surface area contributed by atoms with Gasteiger partial charge < -0.3 is 20.3 Å². The number of aromatic hydroxyl groups is 1. The number of thiophene rings is 2. The van der Waals surface area contributed by atoms with Gasteiger partial charge in [0.15, 0.2) is 21.1 Å². The summed E-state index contributed by atoms with van der Waals surface area (Å²) in [6.45, 7) is 12.5. The van der Waals surface area contributed by atoms with Crippen molar-refractivity contribution in [2.45, 2.75) is 57.7 Å². The van der Waals surface area contributed by atoms with E-state index in [9.17, 15) is 18.1 Å². The van der Waals surface area contributed by atoms with Crippen molar-refractivity contribution >= 4 is 61.2 Å². The molecule has 0 fully saturated rings. The molecule has 0 aromatic carbocycles. The number of aromatic nitrogens is 2. The van der Waals surface area contributed by atoms with E-state index in [0.717, 1.165) is 16.2 Å². The van der Waals surface area contributed by atoms with Crippen molar-refractivity contribution in [3.63, 3.8) is 0 Å². The van der Waals surface area contributed by atoms with Crippen LogP contribution in [-0.2, 0) is 10.0 Å². The fourth-order valence-electron chi connectivity index (χ4n) is 3.40. The molecule has 0 saturated heterocycles. The molecule has 0 spiro atoms. The van der Waals surface area contributed by atoms with E-state index in [2.05, 4.69) is 58.5 Å². The van der Waals surface area contributed by atoms with Gasteiger partial charge in [0.2, 0.25) is 11.6 Å². The minimum absolute atomic E-state index is 0.0898. The third-order valence-corrected chi connectivity index (χ3v) is 10.7. The first-order chi connectivity index (χ1) is 16.0. The van der Waals surface area contributed by atoms with Crippen LogP contribution in [-0.4, -0.2) is 44.2 Å². The number of hydrogen-bond donors (Lipinski definition) is 3. The highest BCUT2D eigenvalue weighted by Gasteiger charge is 2.30. The normalized spacial score (nSPS) is 13.8. The molecular formula is C21H31N5O4S4. The van der Waals surface area contributed by atoms with E-state index in [1.165, 1.54) is 15.2 Å². The molecule has 188 valence electrons. The Morgan fingerprint density at radius 1 is 1.12 bits per heavy atom. The fraction of sp³-hybridized carbons (Fsp3) is 0.524. The first kappa shape index (κ1) is 26.8. The highest BCUT2D eigenvalue weighted by atomic mass is 32.2. The summed E-state index contributed by atoms with van der Waals surface area (Å²) in [5.74, 6) is 0.713. The second kappa shape index (κ2) is 10.9. The molecule has 0 radical (unpaired) electrons. The molecule has 0 aliphatic rings. The molecule has 3 heterocycles. The Morgan fingerprint density at radius 3 is 2.32 bits per heavy atom. The SMILES string of the molecule is CCN(CC)S(=O)(=O)c1scc(Nc2n[s+]([O-])nc2N[C@@H](c2cc(C(C)C)cs2)C(C)C)c1O.